The molecule has 1 saturated carbocycles. The monoisotopic (exact) mass is 238 g/mol. The molecule has 0 aromatic rings. The highest BCUT2D eigenvalue weighted by molar-refractivity contribution is 5.77. The van der Waals surface area contributed by atoms with Gasteiger partial charge < -0.3 is 4.74 Å². The zero-order chi connectivity index (χ0) is 13.4. The van der Waals surface area contributed by atoms with Crippen LogP contribution in [-0.4, -0.2) is 13.1 Å². The van der Waals surface area contributed by atoms with E-state index in [1.165, 1.54) is 12.7 Å². The Morgan fingerprint density at radius 2 is 2.06 bits per heavy atom. The van der Waals surface area contributed by atoms with Gasteiger partial charge in [-0.05, 0) is 43.9 Å². The summed E-state index contributed by atoms with van der Waals surface area (Å²) in [4.78, 5) is 12.0. The quantitative estimate of drug-likeness (QED) is 0.550. The Kier molecular flexibility index (Phi) is 3.75. The van der Waals surface area contributed by atoms with Crippen molar-refractivity contribution in [1.82, 2.24) is 0 Å². The third-order valence-electron chi connectivity index (χ3n) is 5.02. The van der Waals surface area contributed by atoms with Gasteiger partial charge in [-0.2, -0.15) is 0 Å². The number of carbonyl (C=O) groups excluding carboxylic acids is 1. The summed E-state index contributed by atoms with van der Waals surface area (Å²) in [6.45, 7) is 14.8. The molecule has 3 atom stereocenters. The van der Waals surface area contributed by atoms with Crippen LogP contribution in [0, 0.1) is 22.7 Å². The van der Waals surface area contributed by atoms with Gasteiger partial charge in [0.25, 0.3) is 0 Å². The second-order valence-corrected chi connectivity index (χ2v) is 6.27. The van der Waals surface area contributed by atoms with Crippen LogP contribution in [0.2, 0.25) is 0 Å². The van der Waals surface area contributed by atoms with Crippen LogP contribution in [0.25, 0.3) is 0 Å². The minimum Gasteiger partial charge on any atom is -0.469 e. The number of ether oxygens (including phenoxy) is 1. The van der Waals surface area contributed by atoms with E-state index in [1.54, 1.807) is 0 Å². The van der Waals surface area contributed by atoms with Gasteiger partial charge in [0, 0.05) is 0 Å². The minimum absolute atomic E-state index is 0.0711. The number of hydrogen-bond acceptors (Lipinski definition) is 2. The molecular weight excluding hydrogens is 212 g/mol. The standard InChI is InChI=1S/C15H26O2/c1-8-15(6,13(16)17-7)12-9-11(10(2)3)14(12,4)5/h11-12H,2,8-9H2,1,3-7H3. The summed E-state index contributed by atoms with van der Waals surface area (Å²) in [5, 5.41) is 0. The predicted octanol–water partition coefficient (Wildman–Crippen LogP) is 3.81. The largest absolute Gasteiger partial charge is 0.469 e. The highest BCUT2D eigenvalue weighted by Gasteiger charge is 2.58. The average molecular weight is 238 g/mol. The molecule has 0 radical (unpaired) electrons. The smallest absolute Gasteiger partial charge is 0.311 e. The van der Waals surface area contributed by atoms with Crippen molar-refractivity contribution >= 4 is 5.97 Å². The molecule has 1 fully saturated rings. The average Bonchev–Trinajstić information content (AvgIpc) is 2.25. The van der Waals surface area contributed by atoms with Gasteiger partial charge in [0.05, 0.1) is 12.5 Å². The summed E-state index contributed by atoms with van der Waals surface area (Å²) in [7, 11) is 1.48. The van der Waals surface area contributed by atoms with Gasteiger partial charge in [-0.3, -0.25) is 4.79 Å². The third-order valence-corrected chi connectivity index (χ3v) is 5.02. The highest BCUT2D eigenvalue weighted by atomic mass is 16.5. The zero-order valence-corrected chi connectivity index (χ0v) is 12.1. The van der Waals surface area contributed by atoms with E-state index >= 15 is 0 Å². The van der Waals surface area contributed by atoms with Crippen molar-refractivity contribution in [1.29, 1.82) is 0 Å². The molecule has 2 nitrogen and oxygen atoms in total. The molecule has 0 aromatic heterocycles. The molecule has 3 unspecified atom stereocenters. The molecule has 17 heavy (non-hydrogen) atoms. The van der Waals surface area contributed by atoms with E-state index in [1.807, 2.05) is 6.92 Å². The summed E-state index contributed by atoms with van der Waals surface area (Å²) in [6, 6.07) is 0. The highest BCUT2D eigenvalue weighted by Crippen LogP contribution is 2.61. The lowest BCUT2D eigenvalue weighted by Gasteiger charge is -2.58. The Morgan fingerprint density at radius 1 is 1.53 bits per heavy atom. The molecule has 1 rings (SSSR count). The van der Waals surface area contributed by atoms with Crippen LogP contribution in [0.4, 0.5) is 0 Å². The van der Waals surface area contributed by atoms with Crippen molar-refractivity contribution in [2.45, 2.75) is 47.5 Å². The summed E-state index contributed by atoms with van der Waals surface area (Å²) in [6.07, 6.45) is 1.89. The van der Waals surface area contributed by atoms with E-state index in [-0.39, 0.29) is 16.8 Å². The maximum Gasteiger partial charge on any atom is 0.311 e. The Balaban J connectivity index is 2.96. The van der Waals surface area contributed by atoms with Crippen molar-refractivity contribution in [3.05, 3.63) is 12.2 Å². The van der Waals surface area contributed by atoms with Gasteiger partial charge in [0.15, 0.2) is 0 Å². The predicted molar refractivity (Wildman–Crippen MR) is 70.6 cm³/mol. The first-order chi connectivity index (χ1) is 7.71. The van der Waals surface area contributed by atoms with Crippen molar-refractivity contribution in [2.24, 2.45) is 22.7 Å². The molecule has 0 spiro atoms. The Bertz CT molecular complexity index is 330. The number of allylic oxidation sites excluding steroid dienone is 1. The minimum atomic E-state index is -0.357. The second-order valence-electron chi connectivity index (χ2n) is 6.27. The molecule has 0 bridgehead atoms. The fourth-order valence-electron chi connectivity index (χ4n) is 3.61. The third kappa shape index (κ3) is 2.02. The molecule has 0 amide bonds. The number of carbonyl (C=O) groups is 1. The molecule has 0 aliphatic heterocycles. The first kappa shape index (κ1) is 14.3. The van der Waals surface area contributed by atoms with Gasteiger partial charge in [-0.25, -0.2) is 0 Å². The number of rotatable bonds is 4. The molecule has 98 valence electrons. The van der Waals surface area contributed by atoms with Gasteiger partial charge >= 0.3 is 5.97 Å². The number of hydrogen-bond donors (Lipinski definition) is 0. The van der Waals surface area contributed by atoms with Crippen LogP contribution < -0.4 is 0 Å². The fourth-order valence-corrected chi connectivity index (χ4v) is 3.61. The zero-order valence-electron chi connectivity index (χ0n) is 12.1. The van der Waals surface area contributed by atoms with Crippen LogP contribution in [0.15, 0.2) is 12.2 Å². The lowest BCUT2D eigenvalue weighted by Crippen LogP contribution is -2.55. The van der Waals surface area contributed by atoms with E-state index in [4.69, 9.17) is 4.74 Å². The second kappa shape index (κ2) is 4.47. The molecule has 1 aliphatic rings. The van der Waals surface area contributed by atoms with Gasteiger partial charge in [0.1, 0.15) is 0 Å². The van der Waals surface area contributed by atoms with Crippen molar-refractivity contribution < 1.29 is 9.53 Å². The van der Waals surface area contributed by atoms with Gasteiger partial charge in [-0.1, -0.05) is 32.9 Å². The molecule has 0 aromatic carbocycles. The maximum atomic E-state index is 12.0. The lowest BCUT2D eigenvalue weighted by molar-refractivity contribution is -0.170. The molecule has 2 heteroatoms. The first-order valence-corrected chi connectivity index (χ1v) is 6.45. The summed E-state index contributed by atoms with van der Waals surface area (Å²) in [5.41, 5.74) is 1.02. The molecule has 1 aliphatic carbocycles. The van der Waals surface area contributed by atoms with Crippen LogP contribution in [0.3, 0.4) is 0 Å². The van der Waals surface area contributed by atoms with E-state index < -0.39 is 0 Å². The molecule has 0 saturated heterocycles. The Morgan fingerprint density at radius 3 is 2.35 bits per heavy atom. The normalized spacial score (nSPS) is 30.0. The topological polar surface area (TPSA) is 26.3 Å². The van der Waals surface area contributed by atoms with Crippen molar-refractivity contribution in [3.8, 4) is 0 Å². The van der Waals surface area contributed by atoms with E-state index in [2.05, 4.69) is 34.3 Å². The first-order valence-electron chi connectivity index (χ1n) is 6.45. The van der Waals surface area contributed by atoms with E-state index in [0.29, 0.717) is 11.8 Å². The molecular formula is C15H26O2. The Labute approximate surface area is 105 Å². The van der Waals surface area contributed by atoms with Crippen LogP contribution in [0.1, 0.15) is 47.5 Å². The molecule has 0 N–H and O–H groups in total. The number of esters is 1. The maximum absolute atomic E-state index is 12.0. The van der Waals surface area contributed by atoms with Crippen molar-refractivity contribution in [3.63, 3.8) is 0 Å². The van der Waals surface area contributed by atoms with Gasteiger partial charge in [-0.15, -0.1) is 0 Å². The van der Waals surface area contributed by atoms with E-state index in [0.717, 1.165) is 12.8 Å². The summed E-state index contributed by atoms with van der Waals surface area (Å²) in [5.74, 6) is 0.843. The fraction of sp³-hybridized carbons (Fsp3) is 0.800. The number of methoxy groups -OCH3 is 1. The summed E-state index contributed by atoms with van der Waals surface area (Å²) >= 11 is 0. The Hall–Kier alpha value is -0.790. The van der Waals surface area contributed by atoms with Crippen LogP contribution in [-0.2, 0) is 9.53 Å². The van der Waals surface area contributed by atoms with E-state index in [9.17, 15) is 4.79 Å². The SMILES string of the molecule is C=C(C)C1CC(C(C)(CC)C(=O)OC)C1(C)C. The van der Waals surface area contributed by atoms with Crippen LogP contribution in [0.5, 0.6) is 0 Å². The van der Waals surface area contributed by atoms with Crippen LogP contribution >= 0.6 is 0 Å². The van der Waals surface area contributed by atoms with Crippen molar-refractivity contribution in [2.75, 3.05) is 7.11 Å². The molecule has 0 heterocycles. The summed E-state index contributed by atoms with van der Waals surface area (Å²) < 4.78 is 4.99. The lowest BCUT2D eigenvalue weighted by atomic mass is 9.45. The van der Waals surface area contributed by atoms with Gasteiger partial charge in [0.2, 0.25) is 0 Å².